The van der Waals surface area contributed by atoms with E-state index in [1.165, 1.54) is 6.07 Å². The van der Waals surface area contributed by atoms with E-state index in [1.54, 1.807) is 0 Å². The minimum Gasteiger partial charge on any atom is -0.481 e. The van der Waals surface area contributed by atoms with Crippen LogP contribution >= 0.6 is 0 Å². The average Bonchev–Trinajstić information content (AvgIpc) is 2.96. The van der Waals surface area contributed by atoms with Crippen LogP contribution in [0.3, 0.4) is 0 Å². The highest BCUT2D eigenvalue weighted by atomic mass is 19.1. The van der Waals surface area contributed by atoms with Crippen LogP contribution in [0.25, 0.3) is 0 Å². The molecule has 0 aliphatic heterocycles. The third-order valence-electron chi connectivity index (χ3n) is 2.73. The van der Waals surface area contributed by atoms with E-state index in [-0.39, 0.29) is 17.5 Å². The first-order chi connectivity index (χ1) is 7.58. The van der Waals surface area contributed by atoms with Gasteiger partial charge in [-0.15, -0.1) is 0 Å². The summed E-state index contributed by atoms with van der Waals surface area (Å²) in [7, 11) is 0. The quantitative estimate of drug-likeness (QED) is 0.828. The number of benzene rings is 1. The molecule has 16 heavy (non-hydrogen) atoms. The molecule has 0 amide bonds. The first-order valence-corrected chi connectivity index (χ1v) is 4.99. The monoisotopic (exact) mass is 227 g/mol. The molecular formula is C11H11F2NO2. The minimum absolute atomic E-state index is 0.0435. The summed E-state index contributed by atoms with van der Waals surface area (Å²) >= 11 is 0. The Morgan fingerprint density at radius 1 is 1.50 bits per heavy atom. The van der Waals surface area contributed by atoms with Gasteiger partial charge in [0.05, 0.1) is 11.6 Å². The second-order valence-electron chi connectivity index (χ2n) is 3.95. The average molecular weight is 227 g/mol. The molecule has 1 fully saturated rings. The third-order valence-corrected chi connectivity index (χ3v) is 2.73. The topological polar surface area (TPSA) is 49.3 Å². The number of carbonyl (C=O) groups is 1. The van der Waals surface area contributed by atoms with Crippen LogP contribution in [0, 0.1) is 23.5 Å². The number of carboxylic acid groups (broad SMARTS) is 1. The highest BCUT2D eigenvalue weighted by molar-refractivity contribution is 5.73. The SMILES string of the molecule is O=C(O)C1CC1CNc1ccc(F)cc1F. The van der Waals surface area contributed by atoms with E-state index in [4.69, 9.17) is 5.11 Å². The van der Waals surface area contributed by atoms with Crippen molar-refractivity contribution in [2.24, 2.45) is 11.8 Å². The van der Waals surface area contributed by atoms with Gasteiger partial charge < -0.3 is 10.4 Å². The number of nitrogens with one attached hydrogen (secondary N) is 1. The van der Waals surface area contributed by atoms with Crippen molar-refractivity contribution in [3.8, 4) is 0 Å². The third kappa shape index (κ3) is 2.29. The molecule has 2 rings (SSSR count). The van der Waals surface area contributed by atoms with Crippen molar-refractivity contribution in [2.45, 2.75) is 6.42 Å². The van der Waals surface area contributed by atoms with Crippen molar-refractivity contribution in [1.29, 1.82) is 0 Å². The fourth-order valence-corrected chi connectivity index (χ4v) is 1.65. The molecule has 3 nitrogen and oxygen atoms in total. The van der Waals surface area contributed by atoms with Gasteiger partial charge in [0, 0.05) is 12.6 Å². The predicted molar refractivity (Wildman–Crippen MR) is 54.1 cm³/mol. The maximum absolute atomic E-state index is 13.2. The van der Waals surface area contributed by atoms with Crippen molar-refractivity contribution < 1.29 is 18.7 Å². The second kappa shape index (κ2) is 4.08. The fourth-order valence-electron chi connectivity index (χ4n) is 1.65. The Morgan fingerprint density at radius 3 is 2.81 bits per heavy atom. The molecule has 0 radical (unpaired) electrons. The van der Waals surface area contributed by atoms with E-state index >= 15 is 0 Å². The summed E-state index contributed by atoms with van der Waals surface area (Å²) in [5.74, 6) is -2.38. The van der Waals surface area contributed by atoms with Crippen LogP contribution in [0.5, 0.6) is 0 Å². The zero-order valence-electron chi connectivity index (χ0n) is 8.41. The number of anilines is 1. The van der Waals surface area contributed by atoms with Gasteiger partial charge in [0.15, 0.2) is 0 Å². The van der Waals surface area contributed by atoms with Gasteiger partial charge in [-0.25, -0.2) is 8.78 Å². The lowest BCUT2D eigenvalue weighted by atomic mass is 10.2. The van der Waals surface area contributed by atoms with E-state index in [0.717, 1.165) is 12.1 Å². The van der Waals surface area contributed by atoms with Crippen molar-refractivity contribution in [1.82, 2.24) is 0 Å². The highest BCUT2D eigenvalue weighted by Crippen LogP contribution is 2.38. The van der Waals surface area contributed by atoms with Crippen LogP contribution in [-0.2, 0) is 4.79 Å². The molecule has 1 saturated carbocycles. The summed E-state index contributed by atoms with van der Waals surface area (Å²) in [4.78, 5) is 10.5. The lowest BCUT2D eigenvalue weighted by molar-refractivity contribution is -0.138. The van der Waals surface area contributed by atoms with Gasteiger partial charge in [-0.1, -0.05) is 0 Å². The zero-order chi connectivity index (χ0) is 11.7. The van der Waals surface area contributed by atoms with Crippen LogP contribution in [0.1, 0.15) is 6.42 Å². The summed E-state index contributed by atoms with van der Waals surface area (Å²) in [5, 5.41) is 11.4. The molecule has 0 spiro atoms. The van der Waals surface area contributed by atoms with Crippen molar-refractivity contribution in [3.63, 3.8) is 0 Å². The van der Waals surface area contributed by atoms with Gasteiger partial charge in [0.2, 0.25) is 0 Å². The molecule has 0 bridgehead atoms. The van der Waals surface area contributed by atoms with E-state index in [9.17, 15) is 13.6 Å². The molecule has 2 atom stereocenters. The summed E-state index contributed by atoms with van der Waals surface area (Å²) < 4.78 is 25.7. The summed E-state index contributed by atoms with van der Waals surface area (Å²) in [6.45, 7) is 0.402. The first kappa shape index (κ1) is 10.9. The van der Waals surface area contributed by atoms with E-state index < -0.39 is 17.6 Å². The lowest BCUT2D eigenvalue weighted by Gasteiger charge is -2.06. The Balaban J connectivity index is 1.89. The summed E-state index contributed by atoms with van der Waals surface area (Å²) in [6.07, 6.45) is 0.616. The van der Waals surface area contributed by atoms with Gasteiger partial charge in [-0.05, 0) is 24.5 Å². The Bertz CT molecular complexity index is 422. The van der Waals surface area contributed by atoms with Gasteiger partial charge in [0.25, 0.3) is 0 Å². The Morgan fingerprint density at radius 2 is 2.25 bits per heavy atom. The summed E-state index contributed by atoms with van der Waals surface area (Å²) in [5.41, 5.74) is 0.206. The fraction of sp³-hybridized carbons (Fsp3) is 0.364. The molecule has 5 heteroatoms. The molecule has 0 aromatic heterocycles. The number of hydrogen-bond acceptors (Lipinski definition) is 2. The maximum atomic E-state index is 13.2. The number of carboxylic acids is 1. The molecule has 2 unspecified atom stereocenters. The second-order valence-corrected chi connectivity index (χ2v) is 3.95. The van der Waals surface area contributed by atoms with Crippen LogP contribution in [0.2, 0.25) is 0 Å². The van der Waals surface area contributed by atoms with Crippen LogP contribution < -0.4 is 5.32 Å². The molecule has 86 valence electrons. The predicted octanol–water partition coefficient (Wildman–Crippen LogP) is 2.10. The van der Waals surface area contributed by atoms with Gasteiger partial charge in [0.1, 0.15) is 11.6 Å². The Hall–Kier alpha value is -1.65. The van der Waals surface area contributed by atoms with E-state index in [1.807, 2.05) is 0 Å². The van der Waals surface area contributed by atoms with Crippen molar-refractivity contribution in [3.05, 3.63) is 29.8 Å². The van der Waals surface area contributed by atoms with Gasteiger partial charge in [-0.3, -0.25) is 4.79 Å². The molecule has 1 aliphatic rings. The Labute approximate surface area is 91.1 Å². The number of rotatable bonds is 4. The maximum Gasteiger partial charge on any atom is 0.306 e. The smallest absolute Gasteiger partial charge is 0.306 e. The molecule has 1 aromatic carbocycles. The highest BCUT2D eigenvalue weighted by Gasteiger charge is 2.42. The standard InChI is InChI=1S/C11H11F2NO2/c12-7-1-2-10(9(13)4-7)14-5-6-3-8(6)11(15)16/h1-2,4,6,8,14H,3,5H2,(H,15,16). The van der Waals surface area contributed by atoms with Gasteiger partial charge >= 0.3 is 5.97 Å². The van der Waals surface area contributed by atoms with E-state index in [2.05, 4.69) is 5.32 Å². The van der Waals surface area contributed by atoms with Crippen LogP contribution in [0.15, 0.2) is 18.2 Å². The van der Waals surface area contributed by atoms with Crippen LogP contribution in [-0.4, -0.2) is 17.6 Å². The molecule has 0 saturated heterocycles. The summed E-state index contributed by atoms with van der Waals surface area (Å²) in [6, 6.07) is 3.26. The molecule has 0 heterocycles. The van der Waals surface area contributed by atoms with Crippen molar-refractivity contribution >= 4 is 11.7 Å². The number of halogens is 2. The minimum atomic E-state index is -0.814. The molecule has 1 aliphatic carbocycles. The normalized spacial score (nSPS) is 22.9. The van der Waals surface area contributed by atoms with Crippen molar-refractivity contribution in [2.75, 3.05) is 11.9 Å². The largest absolute Gasteiger partial charge is 0.481 e. The molecule has 1 aromatic rings. The van der Waals surface area contributed by atoms with Crippen LogP contribution in [0.4, 0.5) is 14.5 Å². The number of aliphatic carboxylic acids is 1. The number of hydrogen-bond donors (Lipinski definition) is 2. The van der Waals surface area contributed by atoms with E-state index in [0.29, 0.717) is 13.0 Å². The molecule has 2 N–H and O–H groups in total. The zero-order valence-corrected chi connectivity index (χ0v) is 8.41. The molecular weight excluding hydrogens is 216 g/mol. The van der Waals surface area contributed by atoms with Gasteiger partial charge in [-0.2, -0.15) is 0 Å². The lowest BCUT2D eigenvalue weighted by Crippen LogP contribution is -2.09. The Kier molecular flexibility index (Phi) is 2.77. The first-order valence-electron chi connectivity index (χ1n) is 4.99.